The van der Waals surface area contributed by atoms with Crippen molar-refractivity contribution >= 4 is 11.6 Å². The zero-order valence-corrected chi connectivity index (χ0v) is 11.3. The molecule has 0 fully saturated rings. The van der Waals surface area contributed by atoms with Gasteiger partial charge in [0.15, 0.2) is 0 Å². The lowest BCUT2D eigenvalue weighted by atomic mass is 9.94. The Morgan fingerprint density at radius 3 is 2.50 bits per heavy atom. The number of hydrogen-bond donors (Lipinski definition) is 2. The minimum absolute atomic E-state index is 0.0377. The molecular weight excluding hydrogens is 244 g/mol. The Kier molecular flexibility index (Phi) is 4.02. The van der Waals surface area contributed by atoms with Crippen LogP contribution in [0.25, 0.3) is 0 Å². The minimum Gasteiger partial charge on any atom is -0.271 e. The maximum absolute atomic E-state index is 6.03. The zero-order chi connectivity index (χ0) is 13.1. The van der Waals surface area contributed by atoms with E-state index in [2.05, 4.69) is 37.5 Å². The third kappa shape index (κ3) is 2.72. The standard InChI is InChI=1S/C15H17ClN2/c1-10-6-7-14(11(2)8-10)15(18-17)12-4-3-5-13(16)9-12/h3-9,15,18H,17H2,1-2H3. The Hall–Kier alpha value is -1.35. The van der Waals surface area contributed by atoms with Gasteiger partial charge in [-0.15, -0.1) is 0 Å². The summed E-state index contributed by atoms with van der Waals surface area (Å²) in [6, 6.07) is 14.1. The second-order valence-electron chi connectivity index (χ2n) is 4.51. The smallest absolute Gasteiger partial charge is 0.0713 e. The van der Waals surface area contributed by atoms with Crippen molar-refractivity contribution in [1.29, 1.82) is 0 Å². The van der Waals surface area contributed by atoms with Crippen LogP contribution in [0.4, 0.5) is 0 Å². The molecule has 2 nitrogen and oxygen atoms in total. The van der Waals surface area contributed by atoms with E-state index in [1.54, 1.807) is 0 Å². The summed E-state index contributed by atoms with van der Waals surface area (Å²) in [5.74, 6) is 5.70. The van der Waals surface area contributed by atoms with Crippen molar-refractivity contribution in [3.63, 3.8) is 0 Å². The van der Waals surface area contributed by atoms with Crippen LogP contribution in [0.1, 0.15) is 28.3 Å². The molecule has 3 heteroatoms. The monoisotopic (exact) mass is 260 g/mol. The average Bonchev–Trinajstić information content (AvgIpc) is 2.33. The molecular formula is C15H17ClN2. The summed E-state index contributed by atoms with van der Waals surface area (Å²) in [6.45, 7) is 4.18. The van der Waals surface area contributed by atoms with E-state index < -0.39 is 0 Å². The van der Waals surface area contributed by atoms with Crippen molar-refractivity contribution in [3.8, 4) is 0 Å². The molecule has 2 rings (SSSR count). The number of benzene rings is 2. The maximum atomic E-state index is 6.03. The molecule has 2 aromatic carbocycles. The third-order valence-electron chi connectivity index (χ3n) is 3.08. The molecule has 0 aliphatic carbocycles. The SMILES string of the molecule is Cc1ccc(C(NN)c2cccc(Cl)c2)c(C)c1. The van der Waals surface area contributed by atoms with Gasteiger partial charge in [0.1, 0.15) is 0 Å². The van der Waals surface area contributed by atoms with E-state index in [1.807, 2.05) is 24.3 Å². The van der Waals surface area contributed by atoms with Gasteiger partial charge in [-0.05, 0) is 42.7 Å². The molecule has 1 atom stereocenters. The first-order valence-electron chi connectivity index (χ1n) is 5.90. The highest BCUT2D eigenvalue weighted by molar-refractivity contribution is 6.30. The fraction of sp³-hybridized carbons (Fsp3) is 0.200. The van der Waals surface area contributed by atoms with Crippen molar-refractivity contribution in [1.82, 2.24) is 5.43 Å². The molecule has 2 aromatic rings. The number of aryl methyl sites for hydroxylation is 2. The molecule has 0 bridgehead atoms. The van der Waals surface area contributed by atoms with E-state index in [9.17, 15) is 0 Å². The summed E-state index contributed by atoms with van der Waals surface area (Å²) in [7, 11) is 0. The topological polar surface area (TPSA) is 38.0 Å². The molecule has 0 aromatic heterocycles. The number of hydrazine groups is 1. The summed E-state index contributed by atoms with van der Waals surface area (Å²) in [4.78, 5) is 0. The zero-order valence-electron chi connectivity index (χ0n) is 10.6. The van der Waals surface area contributed by atoms with Crippen LogP contribution in [0.2, 0.25) is 5.02 Å². The first-order valence-corrected chi connectivity index (χ1v) is 6.28. The molecule has 0 saturated carbocycles. The van der Waals surface area contributed by atoms with Crippen molar-refractivity contribution < 1.29 is 0 Å². The first kappa shape index (κ1) is 13.1. The number of nitrogens with two attached hydrogens (primary N) is 1. The summed E-state index contributed by atoms with van der Waals surface area (Å²) >= 11 is 6.03. The quantitative estimate of drug-likeness (QED) is 0.655. The van der Waals surface area contributed by atoms with Crippen LogP contribution in [0, 0.1) is 13.8 Å². The highest BCUT2D eigenvalue weighted by Gasteiger charge is 2.14. The van der Waals surface area contributed by atoms with Crippen LogP contribution in [0.15, 0.2) is 42.5 Å². The highest BCUT2D eigenvalue weighted by atomic mass is 35.5. The molecule has 0 aliphatic rings. The lowest BCUT2D eigenvalue weighted by molar-refractivity contribution is 0.633. The molecule has 1 unspecified atom stereocenters. The minimum atomic E-state index is -0.0377. The number of rotatable bonds is 3. The van der Waals surface area contributed by atoms with Crippen LogP contribution in [0.5, 0.6) is 0 Å². The fourth-order valence-electron chi connectivity index (χ4n) is 2.20. The van der Waals surface area contributed by atoms with Gasteiger partial charge in [0.05, 0.1) is 6.04 Å². The third-order valence-corrected chi connectivity index (χ3v) is 3.32. The number of hydrogen-bond acceptors (Lipinski definition) is 2. The van der Waals surface area contributed by atoms with Crippen molar-refractivity contribution in [2.75, 3.05) is 0 Å². The maximum Gasteiger partial charge on any atom is 0.0713 e. The van der Waals surface area contributed by atoms with Gasteiger partial charge in [-0.25, -0.2) is 5.43 Å². The van der Waals surface area contributed by atoms with E-state index in [0.29, 0.717) is 0 Å². The van der Waals surface area contributed by atoms with Crippen LogP contribution < -0.4 is 11.3 Å². The van der Waals surface area contributed by atoms with E-state index in [-0.39, 0.29) is 6.04 Å². The molecule has 3 N–H and O–H groups in total. The van der Waals surface area contributed by atoms with Gasteiger partial charge in [0.25, 0.3) is 0 Å². The van der Waals surface area contributed by atoms with E-state index >= 15 is 0 Å². The van der Waals surface area contributed by atoms with Crippen LogP contribution in [0.3, 0.4) is 0 Å². The summed E-state index contributed by atoms with van der Waals surface area (Å²) in [5.41, 5.74) is 7.57. The van der Waals surface area contributed by atoms with Crippen LogP contribution in [-0.2, 0) is 0 Å². The van der Waals surface area contributed by atoms with Crippen molar-refractivity contribution in [2.24, 2.45) is 5.84 Å². The second kappa shape index (κ2) is 5.53. The van der Waals surface area contributed by atoms with E-state index in [4.69, 9.17) is 17.4 Å². The van der Waals surface area contributed by atoms with Crippen LogP contribution >= 0.6 is 11.6 Å². The largest absolute Gasteiger partial charge is 0.271 e. The van der Waals surface area contributed by atoms with Crippen molar-refractivity contribution in [2.45, 2.75) is 19.9 Å². The Balaban J connectivity index is 2.45. The van der Waals surface area contributed by atoms with Gasteiger partial charge in [0.2, 0.25) is 0 Å². The number of nitrogens with one attached hydrogen (secondary N) is 1. The second-order valence-corrected chi connectivity index (χ2v) is 4.95. The Labute approximate surface area is 113 Å². The van der Waals surface area contributed by atoms with Gasteiger partial charge >= 0.3 is 0 Å². The highest BCUT2D eigenvalue weighted by Crippen LogP contribution is 2.26. The lowest BCUT2D eigenvalue weighted by Crippen LogP contribution is -2.29. The van der Waals surface area contributed by atoms with Gasteiger partial charge in [-0.2, -0.15) is 0 Å². The predicted molar refractivity (Wildman–Crippen MR) is 76.5 cm³/mol. The van der Waals surface area contributed by atoms with Gasteiger partial charge in [-0.1, -0.05) is 47.5 Å². The molecule has 0 spiro atoms. The van der Waals surface area contributed by atoms with Crippen LogP contribution in [-0.4, -0.2) is 0 Å². The molecule has 0 saturated heterocycles. The Morgan fingerprint density at radius 2 is 1.89 bits per heavy atom. The van der Waals surface area contributed by atoms with E-state index in [0.717, 1.165) is 10.6 Å². The average molecular weight is 261 g/mol. The molecule has 94 valence electrons. The normalized spacial score (nSPS) is 12.4. The van der Waals surface area contributed by atoms with Crippen molar-refractivity contribution in [3.05, 3.63) is 69.7 Å². The summed E-state index contributed by atoms with van der Waals surface area (Å²) in [5, 5.41) is 0.720. The molecule has 0 heterocycles. The molecule has 0 aliphatic heterocycles. The summed E-state index contributed by atoms with van der Waals surface area (Å²) < 4.78 is 0. The van der Waals surface area contributed by atoms with Gasteiger partial charge in [-0.3, -0.25) is 5.84 Å². The lowest BCUT2D eigenvalue weighted by Gasteiger charge is -2.19. The first-order chi connectivity index (χ1) is 8.61. The predicted octanol–water partition coefficient (Wildman–Crippen LogP) is 3.51. The van der Waals surface area contributed by atoms with Gasteiger partial charge in [0, 0.05) is 5.02 Å². The fourth-order valence-corrected chi connectivity index (χ4v) is 2.40. The Bertz CT molecular complexity index is 552. The Morgan fingerprint density at radius 1 is 1.11 bits per heavy atom. The van der Waals surface area contributed by atoms with E-state index in [1.165, 1.54) is 16.7 Å². The molecule has 0 radical (unpaired) electrons. The summed E-state index contributed by atoms with van der Waals surface area (Å²) in [6.07, 6.45) is 0. The molecule has 0 amide bonds. The van der Waals surface area contributed by atoms with Gasteiger partial charge < -0.3 is 0 Å². The number of halogens is 1. The molecule has 18 heavy (non-hydrogen) atoms.